The van der Waals surface area contributed by atoms with Crippen LogP contribution in [0.15, 0.2) is 59.8 Å². The first-order valence-electron chi connectivity index (χ1n) is 13.2. The molecule has 2 saturated heterocycles. The minimum Gasteiger partial charge on any atom is -0.507 e. The van der Waals surface area contributed by atoms with E-state index in [4.69, 9.17) is 4.65 Å². The van der Waals surface area contributed by atoms with E-state index in [1.165, 1.54) is 10.5 Å². The summed E-state index contributed by atoms with van der Waals surface area (Å²) in [7, 11) is 0.577. The number of para-hydroxylation sites is 1. The van der Waals surface area contributed by atoms with Crippen LogP contribution in [0.4, 0.5) is 0 Å². The third kappa shape index (κ3) is 4.88. The van der Waals surface area contributed by atoms with Crippen molar-refractivity contribution in [3.63, 3.8) is 0 Å². The zero-order chi connectivity index (χ0) is 26.1. The van der Waals surface area contributed by atoms with Crippen molar-refractivity contribution in [3.05, 3.63) is 71.1 Å². The van der Waals surface area contributed by atoms with Gasteiger partial charge in [-0.1, -0.05) is 43.2 Å². The highest BCUT2D eigenvalue weighted by atomic mass is 16.5. The number of aromatic hydroxyl groups is 1. The molecule has 0 radical (unpaired) electrons. The summed E-state index contributed by atoms with van der Waals surface area (Å²) in [5, 5.41) is 21.1. The van der Waals surface area contributed by atoms with Gasteiger partial charge in [0.2, 0.25) is 11.8 Å². The molecule has 37 heavy (non-hydrogen) atoms. The van der Waals surface area contributed by atoms with Gasteiger partial charge in [0.25, 0.3) is 0 Å². The average molecular weight is 500 g/mol. The second kappa shape index (κ2) is 10.6. The maximum atomic E-state index is 13.1. The van der Waals surface area contributed by atoms with Crippen LogP contribution in [0.25, 0.3) is 11.6 Å². The van der Waals surface area contributed by atoms with Crippen molar-refractivity contribution in [1.29, 1.82) is 0 Å². The zero-order valence-electron chi connectivity index (χ0n) is 21.3. The number of aromatic nitrogens is 1. The largest absolute Gasteiger partial charge is 0.507 e. The predicted molar refractivity (Wildman–Crippen MR) is 142 cm³/mol. The number of amides is 2. The molecule has 2 aromatic rings. The minimum atomic E-state index is -0.991. The fourth-order valence-electron chi connectivity index (χ4n) is 6.37. The lowest BCUT2D eigenvalue weighted by Gasteiger charge is -2.43. The molecule has 192 valence electrons. The van der Waals surface area contributed by atoms with Gasteiger partial charge in [0, 0.05) is 18.8 Å². The van der Waals surface area contributed by atoms with E-state index < -0.39 is 13.0 Å². The number of benzene rings is 1. The van der Waals surface area contributed by atoms with Crippen molar-refractivity contribution >= 4 is 30.6 Å². The summed E-state index contributed by atoms with van der Waals surface area (Å²) in [5.74, 6) is -1.03. The number of fused-ring (bicyclic) bond motifs is 3. The molecular formula is C29H33BN2O5. The van der Waals surface area contributed by atoms with Gasteiger partial charge in [0.05, 0.1) is 23.6 Å². The lowest BCUT2D eigenvalue weighted by Crippen LogP contribution is -2.46. The van der Waals surface area contributed by atoms with Crippen LogP contribution in [0, 0.1) is 17.8 Å². The van der Waals surface area contributed by atoms with E-state index in [0.29, 0.717) is 31.1 Å². The van der Waals surface area contributed by atoms with E-state index in [2.05, 4.69) is 11.9 Å². The van der Waals surface area contributed by atoms with Crippen molar-refractivity contribution in [3.8, 4) is 5.75 Å². The maximum Gasteiger partial charge on any atom is 0.455 e. The summed E-state index contributed by atoms with van der Waals surface area (Å²) >= 11 is 0. The average Bonchev–Trinajstić information content (AvgIpc) is 3.11. The molecule has 3 aliphatic rings. The van der Waals surface area contributed by atoms with E-state index in [-0.39, 0.29) is 35.5 Å². The van der Waals surface area contributed by atoms with Crippen molar-refractivity contribution < 1.29 is 24.4 Å². The third-order valence-electron chi connectivity index (χ3n) is 8.02. The normalized spacial score (nSPS) is 26.0. The lowest BCUT2D eigenvalue weighted by atomic mass is 9.58. The molecule has 2 N–H and O–H groups in total. The number of hydrogen-bond donors (Lipinski definition) is 2. The van der Waals surface area contributed by atoms with Gasteiger partial charge in [-0.15, -0.1) is 0 Å². The SMILES string of the molecule is CCCC1=C2[C@@H](CC/C(=C/c3ccccc3O)c3ccccn3)OB(O)C[C@@H]2[C@@H]2C(=O)N(C)C(=O)[C@@H]2C1. The van der Waals surface area contributed by atoms with Crippen molar-refractivity contribution in [2.75, 3.05) is 7.05 Å². The van der Waals surface area contributed by atoms with Crippen molar-refractivity contribution in [2.24, 2.45) is 17.8 Å². The molecule has 1 aliphatic carbocycles. The monoisotopic (exact) mass is 500 g/mol. The van der Waals surface area contributed by atoms with Gasteiger partial charge >= 0.3 is 7.12 Å². The number of phenolic OH excluding ortho intramolecular Hbond substituents is 1. The van der Waals surface area contributed by atoms with Crippen LogP contribution < -0.4 is 0 Å². The highest BCUT2D eigenvalue weighted by Gasteiger charge is 2.56. The summed E-state index contributed by atoms with van der Waals surface area (Å²) in [6, 6.07) is 12.9. The Labute approximate surface area is 218 Å². The van der Waals surface area contributed by atoms with E-state index in [1.54, 1.807) is 25.4 Å². The topological polar surface area (TPSA) is 100.0 Å². The molecule has 0 saturated carbocycles. The maximum absolute atomic E-state index is 13.1. The van der Waals surface area contributed by atoms with E-state index in [0.717, 1.165) is 29.7 Å². The van der Waals surface area contributed by atoms with Crippen LogP contribution in [-0.2, 0) is 14.2 Å². The summed E-state index contributed by atoms with van der Waals surface area (Å²) in [6.07, 6.45) is 7.19. The second-order valence-corrected chi connectivity index (χ2v) is 10.3. The Kier molecular flexibility index (Phi) is 7.31. The standard InChI is InChI=1S/C29H33BN2O5/c1-3-8-20-16-21-27(29(35)32(2)28(21)34)22-17-30(36)37-25(26(20)22)13-12-18(23-10-6-7-14-31-23)15-19-9-4-5-11-24(19)33/h4-7,9-11,14-15,21-22,25,27,33,36H,3,8,12-13,16-17H2,1-2H3/b18-15-/t21-,22+,25-,27-/m1/s1. The molecule has 5 rings (SSSR count). The van der Waals surface area contributed by atoms with Crippen LogP contribution in [0.5, 0.6) is 5.75 Å². The van der Waals surface area contributed by atoms with Crippen LogP contribution in [0.1, 0.15) is 50.3 Å². The fraction of sp³-hybridized carbons (Fsp3) is 0.414. The van der Waals surface area contributed by atoms with Gasteiger partial charge in [-0.25, -0.2) is 0 Å². The molecule has 2 aliphatic heterocycles. The molecule has 0 unspecified atom stereocenters. The molecule has 2 fully saturated rings. The number of phenols is 1. The molecule has 4 atom stereocenters. The molecular weight excluding hydrogens is 467 g/mol. The summed E-state index contributed by atoms with van der Waals surface area (Å²) < 4.78 is 6.12. The molecule has 0 bridgehead atoms. The van der Waals surface area contributed by atoms with E-state index in [1.807, 2.05) is 36.4 Å². The number of allylic oxidation sites excluding steroid dienone is 2. The molecule has 2 amide bonds. The number of likely N-dealkylation sites (tertiary alicyclic amines) is 1. The molecule has 8 heteroatoms. The van der Waals surface area contributed by atoms with Crippen LogP contribution in [-0.4, -0.2) is 52.1 Å². The third-order valence-corrected chi connectivity index (χ3v) is 8.02. The zero-order valence-corrected chi connectivity index (χ0v) is 21.3. The number of carbonyl (C=O) groups is 2. The quantitative estimate of drug-likeness (QED) is 0.334. The number of rotatable bonds is 7. The number of hydrogen-bond acceptors (Lipinski definition) is 6. The predicted octanol–water partition coefficient (Wildman–Crippen LogP) is 4.33. The Bertz CT molecular complexity index is 1240. The van der Waals surface area contributed by atoms with E-state index >= 15 is 0 Å². The number of pyridine rings is 1. The molecule has 3 heterocycles. The highest BCUT2D eigenvalue weighted by molar-refractivity contribution is 6.43. The molecule has 1 aromatic heterocycles. The molecule has 0 spiro atoms. The van der Waals surface area contributed by atoms with Crippen LogP contribution in [0.3, 0.4) is 0 Å². The second-order valence-electron chi connectivity index (χ2n) is 10.3. The smallest absolute Gasteiger partial charge is 0.455 e. The Balaban J connectivity index is 1.48. The Morgan fingerprint density at radius 3 is 2.68 bits per heavy atom. The van der Waals surface area contributed by atoms with E-state index in [9.17, 15) is 19.7 Å². The van der Waals surface area contributed by atoms with Crippen LogP contribution >= 0.6 is 0 Å². The number of imide groups is 1. The lowest BCUT2D eigenvalue weighted by molar-refractivity contribution is -0.138. The van der Waals surface area contributed by atoms with Gasteiger partial charge in [0.1, 0.15) is 5.75 Å². The Morgan fingerprint density at radius 2 is 1.95 bits per heavy atom. The number of carbonyl (C=O) groups excluding carboxylic acids is 2. The van der Waals surface area contributed by atoms with Gasteiger partial charge in [0.15, 0.2) is 0 Å². The van der Waals surface area contributed by atoms with Crippen molar-refractivity contribution in [2.45, 2.75) is 51.5 Å². The van der Waals surface area contributed by atoms with Gasteiger partial charge in [-0.05, 0) is 73.3 Å². The fourth-order valence-corrected chi connectivity index (χ4v) is 6.37. The summed E-state index contributed by atoms with van der Waals surface area (Å²) in [5.41, 5.74) is 4.76. The van der Waals surface area contributed by atoms with Gasteiger partial charge < -0.3 is 14.8 Å². The van der Waals surface area contributed by atoms with Gasteiger partial charge in [-0.3, -0.25) is 19.5 Å². The number of nitrogens with zero attached hydrogens (tertiary/aromatic N) is 2. The Hall–Kier alpha value is -3.23. The first kappa shape index (κ1) is 25.4. The summed E-state index contributed by atoms with van der Waals surface area (Å²) in [6.45, 7) is 2.12. The summed E-state index contributed by atoms with van der Waals surface area (Å²) in [4.78, 5) is 31.8. The molecule has 7 nitrogen and oxygen atoms in total. The first-order chi connectivity index (χ1) is 17.9. The van der Waals surface area contributed by atoms with Gasteiger partial charge in [-0.2, -0.15) is 0 Å². The van der Waals surface area contributed by atoms with Crippen LogP contribution in [0.2, 0.25) is 6.32 Å². The minimum absolute atomic E-state index is 0.108. The molecule has 1 aromatic carbocycles. The highest BCUT2D eigenvalue weighted by Crippen LogP contribution is 2.51. The Morgan fingerprint density at radius 1 is 1.16 bits per heavy atom. The first-order valence-corrected chi connectivity index (χ1v) is 13.2. The van der Waals surface area contributed by atoms with Crippen molar-refractivity contribution in [1.82, 2.24) is 9.88 Å².